The first-order valence-electron chi connectivity index (χ1n) is 7.74. The quantitative estimate of drug-likeness (QED) is 0.605. The van der Waals surface area contributed by atoms with Crippen molar-refractivity contribution in [1.82, 2.24) is 0 Å². The Morgan fingerprint density at radius 1 is 0.962 bits per heavy atom. The maximum atomic E-state index is 12.0. The average molecular weight is 357 g/mol. The van der Waals surface area contributed by atoms with Gasteiger partial charge in [0.2, 0.25) is 0 Å². The molecule has 0 unspecified atom stereocenters. The van der Waals surface area contributed by atoms with Crippen LogP contribution >= 0.6 is 0 Å². The molecule has 0 saturated carbocycles. The Hall–Kier alpha value is -3.35. The zero-order valence-corrected chi connectivity index (χ0v) is 14.7. The van der Waals surface area contributed by atoms with Crippen LogP contribution in [0.1, 0.15) is 27.6 Å². The normalized spacial score (nSPS) is 9.96. The van der Waals surface area contributed by atoms with Gasteiger partial charge < -0.3 is 19.5 Å². The summed E-state index contributed by atoms with van der Waals surface area (Å²) in [6.07, 6.45) is 0. The van der Waals surface area contributed by atoms with Gasteiger partial charge in [-0.3, -0.25) is 9.59 Å². The Bertz CT molecular complexity index is 831. The summed E-state index contributed by atoms with van der Waals surface area (Å²) in [5.74, 6) is -0.381. The number of ether oxygens (including phenoxy) is 3. The molecule has 2 rings (SSSR count). The Morgan fingerprint density at radius 2 is 1.69 bits per heavy atom. The molecule has 0 saturated heterocycles. The van der Waals surface area contributed by atoms with Gasteiger partial charge in [-0.25, -0.2) is 4.79 Å². The van der Waals surface area contributed by atoms with Crippen LogP contribution in [0.25, 0.3) is 0 Å². The largest absolute Gasteiger partial charge is 0.497 e. The topological polar surface area (TPSA) is 90.9 Å². The van der Waals surface area contributed by atoms with Crippen LogP contribution in [0.15, 0.2) is 42.5 Å². The van der Waals surface area contributed by atoms with Crippen molar-refractivity contribution in [3.05, 3.63) is 53.6 Å². The lowest BCUT2D eigenvalue weighted by atomic mass is 10.1. The van der Waals surface area contributed by atoms with E-state index in [1.165, 1.54) is 33.3 Å². The zero-order valence-electron chi connectivity index (χ0n) is 14.7. The maximum Gasteiger partial charge on any atom is 0.338 e. The molecule has 7 nitrogen and oxygen atoms in total. The van der Waals surface area contributed by atoms with E-state index >= 15 is 0 Å². The van der Waals surface area contributed by atoms with Gasteiger partial charge in [0.1, 0.15) is 11.5 Å². The van der Waals surface area contributed by atoms with Crippen molar-refractivity contribution in [3.63, 3.8) is 0 Å². The molecule has 2 aromatic rings. The van der Waals surface area contributed by atoms with Crippen molar-refractivity contribution in [2.24, 2.45) is 0 Å². The van der Waals surface area contributed by atoms with E-state index < -0.39 is 18.5 Å². The minimum absolute atomic E-state index is 0.163. The number of carbonyl (C=O) groups is 3. The predicted molar refractivity (Wildman–Crippen MR) is 94.9 cm³/mol. The maximum absolute atomic E-state index is 12.0. The molecule has 0 heterocycles. The number of hydrogen-bond donors (Lipinski definition) is 1. The molecule has 0 aliphatic carbocycles. The van der Waals surface area contributed by atoms with E-state index in [1.54, 1.807) is 30.3 Å². The highest BCUT2D eigenvalue weighted by Crippen LogP contribution is 2.28. The van der Waals surface area contributed by atoms with Crippen LogP contribution in [0.5, 0.6) is 11.5 Å². The first kappa shape index (κ1) is 19.0. The third kappa shape index (κ3) is 4.83. The van der Waals surface area contributed by atoms with Crippen LogP contribution in [0.2, 0.25) is 0 Å². The molecule has 0 bridgehead atoms. The molecule has 1 N–H and O–H groups in total. The number of hydrogen-bond acceptors (Lipinski definition) is 6. The molecule has 7 heteroatoms. The van der Waals surface area contributed by atoms with Crippen molar-refractivity contribution < 1.29 is 28.6 Å². The number of amides is 1. The van der Waals surface area contributed by atoms with Crippen LogP contribution in [-0.2, 0) is 9.53 Å². The van der Waals surface area contributed by atoms with Crippen LogP contribution in [0.3, 0.4) is 0 Å². The lowest BCUT2D eigenvalue weighted by Crippen LogP contribution is -2.21. The average Bonchev–Trinajstić information content (AvgIpc) is 2.66. The van der Waals surface area contributed by atoms with Crippen LogP contribution in [-0.4, -0.2) is 38.5 Å². The second-order valence-electron chi connectivity index (χ2n) is 5.33. The number of methoxy groups -OCH3 is 2. The fraction of sp³-hybridized carbons (Fsp3) is 0.211. The van der Waals surface area contributed by atoms with E-state index in [4.69, 9.17) is 14.2 Å². The van der Waals surface area contributed by atoms with E-state index in [0.29, 0.717) is 22.7 Å². The molecule has 0 atom stereocenters. The standard InChI is InChI=1S/C19H19NO6/c1-12(21)13-5-4-6-14(9-13)19(23)26-11-18(22)20-16-8-7-15(24-2)10-17(16)25-3/h4-10H,11H2,1-3H3,(H,20,22). The van der Waals surface area contributed by atoms with E-state index in [2.05, 4.69) is 5.32 Å². The summed E-state index contributed by atoms with van der Waals surface area (Å²) >= 11 is 0. The van der Waals surface area contributed by atoms with Crippen molar-refractivity contribution in [2.75, 3.05) is 26.1 Å². The fourth-order valence-corrected chi connectivity index (χ4v) is 2.17. The molecule has 2 aromatic carbocycles. The lowest BCUT2D eigenvalue weighted by molar-refractivity contribution is -0.119. The summed E-state index contributed by atoms with van der Waals surface area (Å²) in [6, 6.07) is 11.0. The van der Waals surface area contributed by atoms with Gasteiger partial charge in [-0.15, -0.1) is 0 Å². The SMILES string of the molecule is COc1ccc(NC(=O)COC(=O)c2cccc(C(C)=O)c2)c(OC)c1. The number of anilines is 1. The number of nitrogens with one attached hydrogen (secondary N) is 1. The summed E-state index contributed by atoms with van der Waals surface area (Å²) in [5.41, 5.74) is 1.02. The minimum atomic E-state index is -0.690. The molecule has 0 radical (unpaired) electrons. The monoisotopic (exact) mass is 357 g/mol. The second-order valence-corrected chi connectivity index (χ2v) is 5.33. The summed E-state index contributed by atoms with van der Waals surface area (Å²) in [7, 11) is 2.99. The van der Waals surface area contributed by atoms with Crippen molar-refractivity contribution >= 4 is 23.3 Å². The van der Waals surface area contributed by atoms with Crippen LogP contribution in [0.4, 0.5) is 5.69 Å². The Labute approximate surface area is 150 Å². The number of rotatable bonds is 7. The highest BCUT2D eigenvalue weighted by atomic mass is 16.5. The summed E-state index contributed by atoms with van der Waals surface area (Å²) < 4.78 is 15.3. The number of ketones is 1. The third-order valence-electron chi connectivity index (χ3n) is 3.52. The van der Waals surface area contributed by atoms with Crippen molar-refractivity contribution in [1.29, 1.82) is 0 Å². The van der Waals surface area contributed by atoms with E-state index in [1.807, 2.05) is 0 Å². The molecule has 26 heavy (non-hydrogen) atoms. The first-order valence-corrected chi connectivity index (χ1v) is 7.74. The molecule has 0 spiro atoms. The Balaban J connectivity index is 1.97. The molecule has 0 aliphatic heterocycles. The van der Waals surface area contributed by atoms with Gasteiger partial charge >= 0.3 is 5.97 Å². The molecule has 0 aliphatic rings. The summed E-state index contributed by atoms with van der Waals surface area (Å²) in [4.78, 5) is 35.4. The highest BCUT2D eigenvalue weighted by Gasteiger charge is 2.13. The molecule has 0 fully saturated rings. The van der Waals surface area contributed by atoms with Gasteiger partial charge in [0.05, 0.1) is 25.5 Å². The molecule has 0 aromatic heterocycles. The van der Waals surface area contributed by atoms with Crippen molar-refractivity contribution in [3.8, 4) is 11.5 Å². The number of carbonyl (C=O) groups excluding carboxylic acids is 3. The highest BCUT2D eigenvalue weighted by molar-refractivity contribution is 5.99. The Morgan fingerprint density at radius 3 is 2.35 bits per heavy atom. The molecular formula is C19H19NO6. The summed E-state index contributed by atoms with van der Waals surface area (Å²) in [6.45, 7) is 0.929. The van der Waals surface area contributed by atoms with E-state index in [-0.39, 0.29) is 11.3 Å². The predicted octanol–water partition coefficient (Wildman–Crippen LogP) is 2.70. The van der Waals surface area contributed by atoms with Gasteiger partial charge in [-0.1, -0.05) is 12.1 Å². The third-order valence-corrected chi connectivity index (χ3v) is 3.52. The fourth-order valence-electron chi connectivity index (χ4n) is 2.17. The van der Waals surface area contributed by atoms with Gasteiger partial charge in [0.25, 0.3) is 5.91 Å². The van der Waals surface area contributed by atoms with E-state index in [0.717, 1.165) is 0 Å². The second kappa shape index (κ2) is 8.66. The van der Waals surface area contributed by atoms with Crippen LogP contribution in [0, 0.1) is 0 Å². The summed E-state index contributed by atoms with van der Waals surface area (Å²) in [5, 5.41) is 2.60. The van der Waals surface area contributed by atoms with Crippen molar-refractivity contribution in [2.45, 2.75) is 6.92 Å². The van der Waals surface area contributed by atoms with Gasteiger partial charge in [-0.05, 0) is 31.2 Å². The Kier molecular flexibility index (Phi) is 6.32. The van der Waals surface area contributed by atoms with Gasteiger partial charge in [-0.2, -0.15) is 0 Å². The zero-order chi connectivity index (χ0) is 19.1. The van der Waals surface area contributed by atoms with Crippen LogP contribution < -0.4 is 14.8 Å². The first-order chi connectivity index (χ1) is 12.4. The van der Waals surface area contributed by atoms with Gasteiger partial charge in [0.15, 0.2) is 12.4 Å². The lowest BCUT2D eigenvalue weighted by Gasteiger charge is -2.12. The number of esters is 1. The molecule has 1 amide bonds. The van der Waals surface area contributed by atoms with Gasteiger partial charge in [0, 0.05) is 11.6 Å². The number of benzene rings is 2. The molecule has 136 valence electrons. The smallest absolute Gasteiger partial charge is 0.338 e. The van der Waals surface area contributed by atoms with E-state index in [9.17, 15) is 14.4 Å². The molecular weight excluding hydrogens is 338 g/mol. The number of Topliss-reactive ketones (excluding diaryl/α,β-unsaturated/α-hetero) is 1. The minimum Gasteiger partial charge on any atom is -0.497 e.